The van der Waals surface area contributed by atoms with Gasteiger partial charge in [-0.05, 0) is 25.2 Å². The van der Waals surface area contributed by atoms with E-state index in [9.17, 15) is 10.3 Å². The third-order valence-electron chi connectivity index (χ3n) is 4.14. The molecule has 0 unspecified atom stereocenters. The Labute approximate surface area is 119 Å². The largest absolute Gasteiger partial charge is 0.411 e. The average molecular weight is 271 g/mol. The van der Waals surface area contributed by atoms with Gasteiger partial charge in [0.2, 0.25) is 0 Å². The fraction of sp³-hybridized carbons (Fsp3) is 0.938. The Balaban J connectivity index is 4.69. The maximum Gasteiger partial charge on any atom is 0.0984 e. The molecule has 0 aliphatic rings. The normalized spacial score (nSPS) is 17.2. The van der Waals surface area contributed by atoms with Crippen molar-refractivity contribution in [1.29, 1.82) is 0 Å². The van der Waals surface area contributed by atoms with Crippen molar-refractivity contribution in [2.45, 2.75) is 85.2 Å². The fourth-order valence-corrected chi connectivity index (χ4v) is 2.69. The third kappa shape index (κ3) is 6.42. The summed E-state index contributed by atoms with van der Waals surface area (Å²) in [5.74, 6) is 0.442. The maximum atomic E-state index is 10.5. The summed E-state index contributed by atoms with van der Waals surface area (Å²) in [5, 5.41) is 23.3. The lowest BCUT2D eigenvalue weighted by molar-refractivity contribution is 0.146. The molecular formula is C16H33NO2. The summed E-state index contributed by atoms with van der Waals surface area (Å²) in [4.78, 5) is 0. The number of hydrogen-bond acceptors (Lipinski definition) is 3. The van der Waals surface area contributed by atoms with Gasteiger partial charge in [-0.3, -0.25) is 0 Å². The Hall–Kier alpha value is -0.570. The van der Waals surface area contributed by atoms with E-state index >= 15 is 0 Å². The molecule has 0 saturated carbocycles. The SMILES string of the molecule is CCCC[C@H](CC)/C(=N\O)[C@@H](O)[C@H](CC)CCCC. The molecule has 0 spiro atoms. The zero-order valence-electron chi connectivity index (χ0n) is 13.2. The Morgan fingerprint density at radius 2 is 1.53 bits per heavy atom. The lowest BCUT2D eigenvalue weighted by Crippen LogP contribution is -2.34. The van der Waals surface area contributed by atoms with Crippen LogP contribution < -0.4 is 0 Å². The van der Waals surface area contributed by atoms with Gasteiger partial charge < -0.3 is 10.3 Å². The van der Waals surface area contributed by atoms with Crippen LogP contribution in [0.5, 0.6) is 0 Å². The summed E-state index contributed by atoms with van der Waals surface area (Å²) < 4.78 is 0. The van der Waals surface area contributed by atoms with Crippen LogP contribution in [0.1, 0.15) is 79.1 Å². The standard InChI is InChI=1S/C16H33NO2/c1-5-9-11-13(7-3)15(17-19)16(18)14(8-4)12-10-6-2/h13-14,16,18-19H,5-12H2,1-4H3/b17-15+/t13-,14+,16-/m0/s1. The van der Waals surface area contributed by atoms with E-state index in [2.05, 4.69) is 32.9 Å². The summed E-state index contributed by atoms with van der Waals surface area (Å²) in [6, 6.07) is 0. The first-order valence-electron chi connectivity index (χ1n) is 8.05. The van der Waals surface area contributed by atoms with Crippen molar-refractivity contribution in [2.75, 3.05) is 0 Å². The predicted molar refractivity (Wildman–Crippen MR) is 81.8 cm³/mol. The van der Waals surface area contributed by atoms with Gasteiger partial charge in [0.15, 0.2) is 0 Å². The van der Waals surface area contributed by atoms with Crippen LogP contribution in [-0.4, -0.2) is 22.1 Å². The third-order valence-corrected chi connectivity index (χ3v) is 4.14. The van der Waals surface area contributed by atoms with Crippen molar-refractivity contribution >= 4 is 5.71 Å². The summed E-state index contributed by atoms with van der Waals surface area (Å²) in [6.45, 7) is 8.53. The van der Waals surface area contributed by atoms with Gasteiger partial charge in [-0.1, -0.05) is 65.0 Å². The Morgan fingerprint density at radius 3 is 1.95 bits per heavy atom. The van der Waals surface area contributed by atoms with Gasteiger partial charge in [0, 0.05) is 5.92 Å². The van der Waals surface area contributed by atoms with E-state index in [-0.39, 0.29) is 11.8 Å². The van der Waals surface area contributed by atoms with Crippen LogP contribution in [0.25, 0.3) is 0 Å². The van der Waals surface area contributed by atoms with Gasteiger partial charge in [-0.15, -0.1) is 0 Å². The number of aliphatic hydroxyl groups is 1. The number of nitrogens with zero attached hydrogens (tertiary/aromatic N) is 1. The zero-order valence-corrected chi connectivity index (χ0v) is 13.2. The number of aliphatic hydroxyl groups excluding tert-OH is 1. The van der Waals surface area contributed by atoms with E-state index in [1.807, 2.05) is 0 Å². The number of unbranched alkanes of at least 4 members (excludes halogenated alkanes) is 2. The summed E-state index contributed by atoms with van der Waals surface area (Å²) >= 11 is 0. The molecule has 0 aromatic carbocycles. The Bertz CT molecular complexity index is 241. The minimum atomic E-state index is -0.580. The first kappa shape index (κ1) is 18.4. The van der Waals surface area contributed by atoms with E-state index < -0.39 is 6.10 Å². The molecule has 0 aromatic heterocycles. The monoisotopic (exact) mass is 271 g/mol. The summed E-state index contributed by atoms with van der Waals surface area (Å²) in [6.07, 6.45) is 7.83. The van der Waals surface area contributed by atoms with Gasteiger partial charge in [-0.25, -0.2) is 0 Å². The Morgan fingerprint density at radius 1 is 0.947 bits per heavy atom. The average Bonchev–Trinajstić information content (AvgIpc) is 2.44. The van der Waals surface area contributed by atoms with Crippen molar-refractivity contribution in [3.05, 3.63) is 0 Å². The molecule has 0 aromatic rings. The van der Waals surface area contributed by atoms with Gasteiger partial charge in [0.25, 0.3) is 0 Å². The number of oxime groups is 1. The molecule has 0 aliphatic heterocycles. The van der Waals surface area contributed by atoms with Crippen molar-refractivity contribution in [3.63, 3.8) is 0 Å². The highest BCUT2D eigenvalue weighted by Crippen LogP contribution is 2.24. The maximum absolute atomic E-state index is 10.5. The van der Waals surface area contributed by atoms with Crippen LogP contribution in [0.15, 0.2) is 5.16 Å². The van der Waals surface area contributed by atoms with Crippen LogP contribution in [-0.2, 0) is 0 Å². The van der Waals surface area contributed by atoms with E-state index in [0.29, 0.717) is 5.71 Å². The second kappa shape index (κ2) is 11.3. The Kier molecular flexibility index (Phi) is 10.9. The molecular weight excluding hydrogens is 238 g/mol. The molecule has 0 heterocycles. The highest BCUT2D eigenvalue weighted by atomic mass is 16.4. The highest BCUT2D eigenvalue weighted by Gasteiger charge is 2.27. The quantitative estimate of drug-likeness (QED) is 0.327. The van der Waals surface area contributed by atoms with Crippen molar-refractivity contribution in [2.24, 2.45) is 17.0 Å². The van der Waals surface area contributed by atoms with E-state index in [1.54, 1.807) is 0 Å². The lowest BCUT2D eigenvalue weighted by atomic mass is 9.83. The minimum absolute atomic E-state index is 0.218. The number of rotatable bonds is 11. The van der Waals surface area contributed by atoms with Crippen LogP contribution in [0, 0.1) is 11.8 Å². The van der Waals surface area contributed by atoms with Gasteiger partial charge in [0.1, 0.15) is 0 Å². The molecule has 114 valence electrons. The topological polar surface area (TPSA) is 52.8 Å². The van der Waals surface area contributed by atoms with Crippen molar-refractivity contribution in [3.8, 4) is 0 Å². The number of hydrogen-bond donors (Lipinski definition) is 2. The lowest BCUT2D eigenvalue weighted by Gasteiger charge is -2.26. The highest BCUT2D eigenvalue weighted by molar-refractivity contribution is 5.90. The zero-order chi connectivity index (χ0) is 14.7. The molecule has 0 bridgehead atoms. The van der Waals surface area contributed by atoms with E-state index in [4.69, 9.17) is 0 Å². The van der Waals surface area contributed by atoms with Crippen LogP contribution in [0.2, 0.25) is 0 Å². The molecule has 0 rings (SSSR count). The molecule has 0 amide bonds. The van der Waals surface area contributed by atoms with Gasteiger partial charge in [-0.2, -0.15) is 0 Å². The first-order chi connectivity index (χ1) is 9.15. The fourth-order valence-electron chi connectivity index (χ4n) is 2.69. The first-order valence-corrected chi connectivity index (χ1v) is 8.05. The van der Waals surface area contributed by atoms with E-state index in [1.165, 1.54) is 0 Å². The second-order valence-electron chi connectivity index (χ2n) is 5.53. The molecule has 0 fully saturated rings. The summed E-state index contributed by atoms with van der Waals surface area (Å²) in [7, 11) is 0. The summed E-state index contributed by atoms with van der Waals surface area (Å²) in [5.41, 5.74) is 0.610. The molecule has 0 aliphatic carbocycles. The second-order valence-corrected chi connectivity index (χ2v) is 5.53. The molecule has 3 nitrogen and oxygen atoms in total. The molecule has 0 radical (unpaired) electrons. The molecule has 0 saturated heterocycles. The molecule has 3 atom stereocenters. The smallest absolute Gasteiger partial charge is 0.0984 e. The minimum Gasteiger partial charge on any atom is -0.411 e. The van der Waals surface area contributed by atoms with Crippen molar-refractivity contribution in [1.82, 2.24) is 0 Å². The predicted octanol–water partition coefficient (Wildman–Crippen LogP) is 4.61. The van der Waals surface area contributed by atoms with Crippen molar-refractivity contribution < 1.29 is 10.3 Å². The van der Waals surface area contributed by atoms with E-state index in [0.717, 1.165) is 51.4 Å². The molecule has 2 N–H and O–H groups in total. The van der Waals surface area contributed by atoms with Gasteiger partial charge >= 0.3 is 0 Å². The van der Waals surface area contributed by atoms with Gasteiger partial charge in [0.05, 0.1) is 11.8 Å². The van der Waals surface area contributed by atoms with Crippen LogP contribution in [0.4, 0.5) is 0 Å². The molecule has 3 heteroatoms. The van der Waals surface area contributed by atoms with Crippen LogP contribution >= 0.6 is 0 Å². The molecule has 19 heavy (non-hydrogen) atoms. The van der Waals surface area contributed by atoms with Crippen LogP contribution in [0.3, 0.4) is 0 Å².